The number of aryl methyl sites for hydroxylation is 1. The Labute approximate surface area is 224 Å². The van der Waals surface area contributed by atoms with Gasteiger partial charge in [0, 0.05) is 65.3 Å². The molecule has 7 rings (SSSR count). The van der Waals surface area contributed by atoms with Crippen LogP contribution in [-0.4, -0.2) is 34.7 Å². The van der Waals surface area contributed by atoms with Gasteiger partial charge in [0.25, 0.3) is 0 Å². The van der Waals surface area contributed by atoms with Crippen LogP contribution in [0.25, 0.3) is 50.1 Å². The van der Waals surface area contributed by atoms with Crippen LogP contribution in [0.4, 0.5) is 0 Å². The summed E-state index contributed by atoms with van der Waals surface area (Å²) in [5, 5.41) is 13.3. The minimum Gasteiger partial charge on any atom is -0.353 e. The Balaban J connectivity index is 1.20. The zero-order valence-electron chi connectivity index (χ0n) is 21.4. The van der Waals surface area contributed by atoms with Crippen LogP contribution in [0.3, 0.4) is 0 Å². The van der Waals surface area contributed by atoms with Gasteiger partial charge < -0.3 is 14.9 Å². The number of hydrogen-bond donors (Lipinski definition) is 3. The van der Waals surface area contributed by atoms with Crippen molar-refractivity contribution in [3.63, 3.8) is 0 Å². The Morgan fingerprint density at radius 2 is 1.69 bits per heavy atom. The third-order valence-electron chi connectivity index (χ3n) is 6.93. The van der Waals surface area contributed by atoms with Crippen molar-refractivity contribution in [1.82, 2.24) is 40.0 Å². The predicted molar refractivity (Wildman–Crippen MR) is 153 cm³/mol. The molecule has 5 heterocycles. The second-order valence-electron chi connectivity index (χ2n) is 9.71. The van der Waals surface area contributed by atoms with Crippen molar-refractivity contribution in [2.24, 2.45) is 0 Å². The predicted octanol–water partition coefficient (Wildman–Crippen LogP) is 5.95. The first-order valence-electron chi connectivity index (χ1n) is 12.9. The molecular weight excluding hydrogens is 484 g/mol. The van der Waals surface area contributed by atoms with Gasteiger partial charge in [-0.25, -0.2) is 9.97 Å². The Morgan fingerprint density at radius 3 is 2.56 bits per heavy atom. The van der Waals surface area contributed by atoms with Crippen LogP contribution in [0.2, 0.25) is 0 Å². The quantitative estimate of drug-likeness (QED) is 0.246. The topological polar surface area (TPSA) is 100 Å². The van der Waals surface area contributed by atoms with E-state index in [1.807, 2.05) is 54.7 Å². The summed E-state index contributed by atoms with van der Waals surface area (Å²) in [6.45, 7) is 3.53. The maximum absolute atomic E-state index is 4.67. The number of hydrogen-bond acceptors (Lipinski definition) is 5. The standard InChI is InChI=1S/C31H26N8/c1-20-18-39(19-35-20)29-9-5-8-27-25(29)12-28(36-27)30-26-11-24(17-34-31(26)38-37-30)23-10-22(15-33-16-23)14-32-13-21-6-3-2-4-7-21/h2-12,15-19,32,36H,13-14H2,1H3,(H,34,37,38). The van der Waals surface area contributed by atoms with Gasteiger partial charge in [-0.2, -0.15) is 5.10 Å². The highest BCUT2D eigenvalue weighted by Crippen LogP contribution is 2.32. The molecule has 0 unspecified atom stereocenters. The molecule has 0 fully saturated rings. The van der Waals surface area contributed by atoms with Gasteiger partial charge in [-0.3, -0.25) is 10.1 Å². The molecule has 0 aliphatic rings. The van der Waals surface area contributed by atoms with Crippen LogP contribution in [0.5, 0.6) is 0 Å². The van der Waals surface area contributed by atoms with E-state index in [4.69, 9.17) is 0 Å². The van der Waals surface area contributed by atoms with Crippen molar-refractivity contribution in [3.8, 4) is 28.2 Å². The molecule has 0 saturated carbocycles. The van der Waals surface area contributed by atoms with Gasteiger partial charge in [0.2, 0.25) is 0 Å². The highest BCUT2D eigenvalue weighted by Gasteiger charge is 2.15. The molecule has 2 aromatic carbocycles. The summed E-state index contributed by atoms with van der Waals surface area (Å²) < 4.78 is 2.05. The monoisotopic (exact) mass is 510 g/mol. The van der Waals surface area contributed by atoms with Crippen LogP contribution in [0.15, 0.2) is 97.8 Å². The van der Waals surface area contributed by atoms with E-state index in [-0.39, 0.29) is 0 Å². The molecule has 0 aliphatic heterocycles. The zero-order chi connectivity index (χ0) is 26.2. The Morgan fingerprint density at radius 1 is 0.821 bits per heavy atom. The molecule has 5 aromatic heterocycles. The molecule has 8 heteroatoms. The van der Waals surface area contributed by atoms with Gasteiger partial charge in [-0.1, -0.05) is 36.4 Å². The molecule has 0 amide bonds. The molecule has 0 bridgehead atoms. The fourth-order valence-electron chi connectivity index (χ4n) is 5.00. The maximum atomic E-state index is 4.67. The van der Waals surface area contributed by atoms with Crippen LogP contribution in [0, 0.1) is 6.92 Å². The summed E-state index contributed by atoms with van der Waals surface area (Å²) in [7, 11) is 0. The number of aromatic amines is 2. The third kappa shape index (κ3) is 4.47. The van der Waals surface area contributed by atoms with E-state index in [1.165, 1.54) is 5.56 Å². The summed E-state index contributed by atoms with van der Waals surface area (Å²) in [5.74, 6) is 0. The SMILES string of the molecule is Cc1cn(-c2cccc3[nH]c(-c4n[nH]c5ncc(-c6cncc(CNCc7ccccc7)c6)cc45)cc23)cn1. The van der Waals surface area contributed by atoms with Crippen molar-refractivity contribution in [3.05, 3.63) is 115 Å². The number of nitrogens with zero attached hydrogens (tertiary/aromatic N) is 5. The first kappa shape index (κ1) is 23.1. The van der Waals surface area contributed by atoms with Crippen LogP contribution in [-0.2, 0) is 13.1 Å². The van der Waals surface area contributed by atoms with Crippen molar-refractivity contribution >= 4 is 21.9 Å². The number of H-pyrrole nitrogens is 2. The van der Waals surface area contributed by atoms with Gasteiger partial charge in [-0.15, -0.1) is 0 Å². The maximum Gasteiger partial charge on any atom is 0.155 e. The summed E-state index contributed by atoms with van der Waals surface area (Å²) in [5.41, 5.74) is 9.97. The Kier molecular flexibility index (Phi) is 5.71. The van der Waals surface area contributed by atoms with E-state index in [9.17, 15) is 0 Å². The zero-order valence-corrected chi connectivity index (χ0v) is 21.4. The second kappa shape index (κ2) is 9.66. The lowest BCUT2D eigenvalue weighted by molar-refractivity contribution is 0.691. The lowest BCUT2D eigenvalue weighted by Crippen LogP contribution is -2.12. The first-order valence-corrected chi connectivity index (χ1v) is 12.9. The van der Waals surface area contributed by atoms with Gasteiger partial charge in [0.15, 0.2) is 5.65 Å². The normalized spacial score (nSPS) is 11.5. The minimum absolute atomic E-state index is 0.732. The molecule has 0 radical (unpaired) electrons. The van der Waals surface area contributed by atoms with Gasteiger partial charge in [-0.05, 0) is 48.4 Å². The minimum atomic E-state index is 0.732. The number of imidazole rings is 1. The highest BCUT2D eigenvalue weighted by molar-refractivity contribution is 5.98. The number of nitrogens with one attached hydrogen (secondary N) is 3. The molecular formula is C31H26N8. The molecule has 0 spiro atoms. The third-order valence-corrected chi connectivity index (χ3v) is 6.93. The Bertz CT molecular complexity index is 1910. The summed E-state index contributed by atoms with van der Waals surface area (Å²) in [6.07, 6.45) is 9.52. The highest BCUT2D eigenvalue weighted by atomic mass is 15.2. The summed E-state index contributed by atoms with van der Waals surface area (Å²) in [4.78, 5) is 17.1. The molecule has 0 aliphatic carbocycles. The number of rotatable bonds is 7. The number of pyridine rings is 2. The summed E-state index contributed by atoms with van der Waals surface area (Å²) in [6, 6.07) is 23.0. The number of fused-ring (bicyclic) bond motifs is 2. The molecule has 0 atom stereocenters. The van der Waals surface area contributed by atoms with Crippen molar-refractivity contribution in [2.45, 2.75) is 20.0 Å². The lowest BCUT2D eigenvalue weighted by Gasteiger charge is -2.07. The molecule has 7 aromatic rings. The molecule has 8 nitrogen and oxygen atoms in total. The fourth-order valence-corrected chi connectivity index (χ4v) is 5.00. The largest absolute Gasteiger partial charge is 0.353 e. The average molecular weight is 511 g/mol. The average Bonchev–Trinajstić information content (AvgIpc) is 3.71. The van der Waals surface area contributed by atoms with Gasteiger partial charge in [0.1, 0.15) is 5.69 Å². The van der Waals surface area contributed by atoms with E-state index < -0.39 is 0 Å². The van der Waals surface area contributed by atoms with E-state index >= 15 is 0 Å². The van der Waals surface area contributed by atoms with Gasteiger partial charge >= 0.3 is 0 Å². The first-order chi connectivity index (χ1) is 19.2. The molecule has 39 heavy (non-hydrogen) atoms. The molecule has 3 N–H and O–H groups in total. The van der Waals surface area contributed by atoms with Gasteiger partial charge in [0.05, 0.1) is 23.4 Å². The number of aromatic nitrogens is 7. The second-order valence-corrected chi connectivity index (χ2v) is 9.71. The molecule has 0 saturated heterocycles. The van der Waals surface area contributed by atoms with Crippen LogP contribution >= 0.6 is 0 Å². The van der Waals surface area contributed by atoms with E-state index in [0.29, 0.717) is 0 Å². The van der Waals surface area contributed by atoms with E-state index in [1.54, 1.807) is 0 Å². The summed E-state index contributed by atoms with van der Waals surface area (Å²) >= 11 is 0. The lowest BCUT2D eigenvalue weighted by atomic mass is 10.1. The van der Waals surface area contributed by atoms with Crippen molar-refractivity contribution in [2.75, 3.05) is 0 Å². The fraction of sp³-hybridized carbons (Fsp3) is 0.0968. The van der Waals surface area contributed by atoms with Crippen LogP contribution in [0.1, 0.15) is 16.8 Å². The van der Waals surface area contributed by atoms with Crippen molar-refractivity contribution < 1.29 is 0 Å². The Hall–Kier alpha value is -5.08. The van der Waals surface area contributed by atoms with Crippen molar-refractivity contribution in [1.29, 1.82) is 0 Å². The van der Waals surface area contributed by atoms with E-state index in [2.05, 4.69) is 90.0 Å². The molecule has 190 valence electrons. The van der Waals surface area contributed by atoms with E-state index in [0.717, 1.165) is 74.5 Å². The number of benzene rings is 2. The smallest absolute Gasteiger partial charge is 0.155 e. The van der Waals surface area contributed by atoms with Crippen LogP contribution < -0.4 is 5.32 Å².